The minimum absolute atomic E-state index is 0.187. The van der Waals surface area contributed by atoms with Crippen molar-refractivity contribution in [1.29, 1.82) is 0 Å². The smallest absolute Gasteiger partial charge is 0.341 e. The van der Waals surface area contributed by atoms with Crippen LogP contribution in [0.15, 0.2) is 47.8 Å². The van der Waals surface area contributed by atoms with Crippen molar-refractivity contribution in [1.82, 2.24) is 9.97 Å². The normalized spacial score (nSPS) is 13.0. The predicted octanol–water partition coefficient (Wildman–Crippen LogP) is 6.21. The highest BCUT2D eigenvalue weighted by molar-refractivity contribution is 8.00. The number of hydrogen-bond donors (Lipinski definition) is 1. The molecule has 3 heterocycles. The van der Waals surface area contributed by atoms with E-state index >= 15 is 0 Å². The summed E-state index contributed by atoms with van der Waals surface area (Å²) in [6.45, 7) is 2.04. The van der Waals surface area contributed by atoms with E-state index in [2.05, 4.69) is 15.3 Å². The van der Waals surface area contributed by atoms with Gasteiger partial charge in [0, 0.05) is 15.1 Å². The summed E-state index contributed by atoms with van der Waals surface area (Å²) in [5.41, 5.74) is 2.71. The summed E-state index contributed by atoms with van der Waals surface area (Å²) in [7, 11) is 0. The lowest BCUT2D eigenvalue weighted by atomic mass is 9.97. The molecule has 0 saturated carbocycles. The molecule has 9 heteroatoms. The molecule has 34 heavy (non-hydrogen) atoms. The van der Waals surface area contributed by atoms with E-state index < -0.39 is 5.97 Å². The first kappa shape index (κ1) is 23.0. The SMILES string of the molecule is CCOC(=O)c1cc(-c2ccccc2)sc1NC(=O)CSc1ncnc2sc3c(c12)CCCC3. The fraction of sp³-hybridized carbons (Fsp3) is 0.280. The van der Waals surface area contributed by atoms with Gasteiger partial charge in [0.2, 0.25) is 5.91 Å². The van der Waals surface area contributed by atoms with Gasteiger partial charge >= 0.3 is 5.97 Å². The number of thioether (sulfide) groups is 1. The Hall–Kier alpha value is -2.75. The van der Waals surface area contributed by atoms with E-state index in [1.54, 1.807) is 30.7 Å². The molecule has 3 aromatic heterocycles. The van der Waals surface area contributed by atoms with Crippen LogP contribution in [-0.2, 0) is 22.4 Å². The molecule has 1 amide bonds. The molecule has 174 valence electrons. The lowest BCUT2D eigenvalue weighted by Crippen LogP contribution is -2.16. The first-order chi connectivity index (χ1) is 16.6. The number of benzene rings is 1. The molecule has 5 rings (SSSR count). The Labute approximate surface area is 209 Å². The van der Waals surface area contributed by atoms with Crippen molar-refractivity contribution in [3.05, 3.63) is 58.7 Å². The van der Waals surface area contributed by atoms with Crippen LogP contribution in [0.2, 0.25) is 0 Å². The number of amides is 1. The number of aryl methyl sites for hydroxylation is 2. The zero-order chi connectivity index (χ0) is 23.5. The van der Waals surface area contributed by atoms with Gasteiger partial charge in [0.25, 0.3) is 0 Å². The number of fused-ring (bicyclic) bond motifs is 3. The summed E-state index contributed by atoms with van der Waals surface area (Å²) in [6.07, 6.45) is 6.11. The van der Waals surface area contributed by atoms with Crippen LogP contribution in [0, 0.1) is 0 Å². The maximum absolute atomic E-state index is 12.9. The number of hydrogen-bond acceptors (Lipinski definition) is 8. The Balaban J connectivity index is 1.35. The molecule has 1 aliphatic carbocycles. The second-order valence-corrected chi connectivity index (χ2v) is 10.9. The maximum Gasteiger partial charge on any atom is 0.341 e. The summed E-state index contributed by atoms with van der Waals surface area (Å²) in [6, 6.07) is 11.6. The van der Waals surface area contributed by atoms with Crippen LogP contribution in [0.3, 0.4) is 0 Å². The highest BCUT2D eigenvalue weighted by atomic mass is 32.2. The highest BCUT2D eigenvalue weighted by Gasteiger charge is 2.22. The summed E-state index contributed by atoms with van der Waals surface area (Å²) in [4.78, 5) is 37.7. The van der Waals surface area contributed by atoms with Crippen molar-refractivity contribution < 1.29 is 14.3 Å². The van der Waals surface area contributed by atoms with Gasteiger partial charge in [-0.1, -0.05) is 42.1 Å². The van der Waals surface area contributed by atoms with Gasteiger partial charge in [-0.05, 0) is 49.8 Å². The topological polar surface area (TPSA) is 81.2 Å². The Morgan fingerprint density at radius 3 is 2.76 bits per heavy atom. The molecular weight excluding hydrogens is 486 g/mol. The Morgan fingerprint density at radius 2 is 1.94 bits per heavy atom. The standard InChI is InChI=1S/C25H23N3O3S3/c1-2-31-25(30)17-12-19(15-8-4-3-5-9-15)34-22(17)28-20(29)13-32-23-21-16-10-6-7-11-18(16)33-24(21)27-14-26-23/h3-5,8-9,12,14H,2,6-7,10-11,13H2,1H3,(H,28,29). The van der Waals surface area contributed by atoms with Gasteiger partial charge in [0.1, 0.15) is 21.2 Å². The van der Waals surface area contributed by atoms with E-state index in [1.807, 2.05) is 30.3 Å². The average Bonchev–Trinajstić information content (AvgIpc) is 3.45. The second kappa shape index (κ2) is 10.2. The minimum Gasteiger partial charge on any atom is -0.462 e. The second-order valence-electron chi connectivity index (χ2n) is 7.85. The van der Waals surface area contributed by atoms with E-state index in [9.17, 15) is 9.59 Å². The van der Waals surface area contributed by atoms with E-state index in [0.29, 0.717) is 10.6 Å². The van der Waals surface area contributed by atoms with Gasteiger partial charge < -0.3 is 10.1 Å². The molecule has 1 aromatic carbocycles. The average molecular weight is 510 g/mol. The third-order valence-electron chi connectivity index (χ3n) is 5.60. The number of esters is 1. The number of nitrogens with one attached hydrogen (secondary N) is 1. The van der Waals surface area contributed by atoms with Crippen LogP contribution >= 0.6 is 34.4 Å². The summed E-state index contributed by atoms with van der Waals surface area (Å²) < 4.78 is 5.22. The van der Waals surface area contributed by atoms with E-state index in [1.165, 1.54) is 46.4 Å². The van der Waals surface area contributed by atoms with Gasteiger partial charge in [0.15, 0.2) is 0 Å². The molecule has 0 aliphatic heterocycles. The first-order valence-electron chi connectivity index (χ1n) is 11.2. The van der Waals surface area contributed by atoms with Crippen molar-refractivity contribution in [2.24, 2.45) is 0 Å². The maximum atomic E-state index is 12.9. The molecule has 6 nitrogen and oxygen atoms in total. The highest BCUT2D eigenvalue weighted by Crippen LogP contribution is 2.40. The fourth-order valence-electron chi connectivity index (χ4n) is 4.06. The van der Waals surface area contributed by atoms with Crippen LogP contribution < -0.4 is 5.32 Å². The minimum atomic E-state index is -0.439. The van der Waals surface area contributed by atoms with Gasteiger partial charge in [-0.3, -0.25) is 4.79 Å². The molecule has 4 aromatic rings. The number of thiophene rings is 2. The number of anilines is 1. The van der Waals surface area contributed by atoms with Gasteiger partial charge in [-0.25, -0.2) is 14.8 Å². The zero-order valence-electron chi connectivity index (χ0n) is 18.6. The lowest BCUT2D eigenvalue weighted by Gasteiger charge is -2.11. The number of nitrogens with zero attached hydrogens (tertiary/aromatic N) is 2. The van der Waals surface area contributed by atoms with Crippen molar-refractivity contribution in [2.75, 3.05) is 17.7 Å². The first-order valence-corrected chi connectivity index (χ1v) is 13.8. The Bertz CT molecular complexity index is 1350. The van der Waals surface area contributed by atoms with Gasteiger partial charge in [-0.15, -0.1) is 22.7 Å². The zero-order valence-corrected chi connectivity index (χ0v) is 21.1. The van der Waals surface area contributed by atoms with Gasteiger partial charge in [0.05, 0.1) is 17.9 Å². The molecule has 1 N–H and O–H groups in total. The molecule has 0 fully saturated rings. The summed E-state index contributed by atoms with van der Waals surface area (Å²) >= 11 is 4.53. The van der Waals surface area contributed by atoms with Crippen molar-refractivity contribution in [2.45, 2.75) is 37.6 Å². The molecule has 0 unspecified atom stereocenters. The number of rotatable bonds is 7. The summed E-state index contributed by atoms with van der Waals surface area (Å²) in [5, 5.41) is 5.39. The monoisotopic (exact) mass is 509 g/mol. The van der Waals surface area contributed by atoms with Crippen LogP contribution in [0.1, 0.15) is 40.6 Å². The van der Waals surface area contributed by atoms with Crippen LogP contribution in [0.4, 0.5) is 5.00 Å². The predicted molar refractivity (Wildman–Crippen MR) is 139 cm³/mol. The number of carbonyl (C=O) groups excluding carboxylic acids is 2. The van der Waals surface area contributed by atoms with Crippen molar-refractivity contribution in [3.8, 4) is 10.4 Å². The lowest BCUT2D eigenvalue weighted by molar-refractivity contribution is -0.113. The van der Waals surface area contributed by atoms with E-state index in [0.717, 1.165) is 38.5 Å². The van der Waals surface area contributed by atoms with E-state index in [4.69, 9.17) is 4.74 Å². The Morgan fingerprint density at radius 1 is 1.12 bits per heavy atom. The largest absolute Gasteiger partial charge is 0.462 e. The third kappa shape index (κ3) is 4.73. The molecule has 0 atom stereocenters. The van der Waals surface area contributed by atoms with E-state index in [-0.39, 0.29) is 18.3 Å². The molecule has 1 aliphatic rings. The van der Waals surface area contributed by atoms with Crippen molar-refractivity contribution >= 4 is 61.5 Å². The fourth-order valence-corrected chi connectivity index (χ4v) is 7.24. The number of aromatic nitrogens is 2. The molecule has 0 radical (unpaired) electrons. The third-order valence-corrected chi connectivity index (χ3v) is 8.88. The van der Waals surface area contributed by atoms with Crippen LogP contribution in [0.5, 0.6) is 0 Å². The number of ether oxygens (including phenoxy) is 1. The molecular formula is C25H23N3O3S3. The Kier molecular flexibility index (Phi) is 6.94. The number of carbonyl (C=O) groups is 2. The van der Waals surface area contributed by atoms with Crippen molar-refractivity contribution in [3.63, 3.8) is 0 Å². The quantitative estimate of drug-likeness (QED) is 0.181. The van der Waals surface area contributed by atoms with Crippen LogP contribution in [-0.4, -0.2) is 34.2 Å². The molecule has 0 saturated heterocycles. The van der Waals surface area contributed by atoms with Crippen LogP contribution in [0.25, 0.3) is 20.7 Å². The molecule has 0 spiro atoms. The van der Waals surface area contributed by atoms with Gasteiger partial charge in [-0.2, -0.15) is 0 Å². The summed E-state index contributed by atoms with van der Waals surface area (Å²) in [5.74, 6) is -0.434. The molecule has 0 bridgehead atoms.